The molecule has 0 aliphatic heterocycles. The molecule has 2 amide bonds. The van der Waals surface area contributed by atoms with Crippen LogP contribution in [0.3, 0.4) is 0 Å². The first kappa shape index (κ1) is 16.7. The van der Waals surface area contributed by atoms with E-state index < -0.39 is 5.97 Å². The molecule has 0 fully saturated rings. The van der Waals surface area contributed by atoms with Gasteiger partial charge in [-0.15, -0.1) is 0 Å². The fourth-order valence-electron chi connectivity index (χ4n) is 1.75. The number of aliphatic carboxylic acids is 1. The standard InChI is InChI=1S/C12H24N2O4/c1-6-13(10(4)8-18-5)12(17)14(9(2)3)7-11(15)16/h9-10H,6-8H2,1-5H3,(H,15,16). The Hall–Kier alpha value is -1.30. The number of carboxylic acid groups (broad SMARTS) is 1. The second-order valence-corrected chi connectivity index (χ2v) is 4.49. The van der Waals surface area contributed by atoms with Crippen LogP contribution in [0, 0.1) is 0 Å². The van der Waals surface area contributed by atoms with Gasteiger partial charge in [-0.25, -0.2) is 4.79 Å². The van der Waals surface area contributed by atoms with Gasteiger partial charge in [0.25, 0.3) is 0 Å². The number of likely N-dealkylation sites (N-methyl/N-ethyl adjacent to an activating group) is 1. The van der Waals surface area contributed by atoms with Crippen molar-refractivity contribution in [3.8, 4) is 0 Å². The Bertz CT molecular complexity index is 281. The van der Waals surface area contributed by atoms with Crippen molar-refractivity contribution in [1.29, 1.82) is 0 Å². The summed E-state index contributed by atoms with van der Waals surface area (Å²) >= 11 is 0. The minimum absolute atomic E-state index is 0.0810. The zero-order valence-electron chi connectivity index (χ0n) is 11.8. The fraction of sp³-hybridized carbons (Fsp3) is 0.833. The van der Waals surface area contributed by atoms with Crippen molar-refractivity contribution in [3.05, 3.63) is 0 Å². The summed E-state index contributed by atoms with van der Waals surface area (Å²) in [6.45, 7) is 8.01. The lowest BCUT2D eigenvalue weighted by atomic mass is 10.2. The molecule has 1 N–H and O–H groups in total. The molecule has 0 saturated heterocycles. The highest BCUT2D eigenvalue weighted by Gasteiger charge is 2.27. The number of carboxylic acids is 1. The molecule has 1 atom stereocenters. The smallest absolute Gasteiger partial charge is 0.323 e. The van der Waals surface area contributed by atoms with E-state index in [0.29, 0.717) is 13.2 Å². The quantitative estimate of drug-likeness (QED) is 0.748. The second kappa shape index (κ2) is 7.92. The van der Waals surface area contributed by atoms with Crippen LogP contribution in [0.5, 0.6) is 0 Å². The van der Waals surface area contributed by atoms with Gasteiger partial charge in [0.1, 0.15) is 6.54 Å². The van der Waals surface area contributed by atoms with Crippen LogP contribution >= 0.6 is 0 Å². The van der Waals surface area contributed by atoms with Crippen molar-refractivity contribution in [1.82, 2.24) is 9.80 Å². The summed E-state index contributed by atoms with van der Waals surface area (Å²) in [4.78, 5) is 26.1. The van der Waals surface area contributed by atoms with Gasteiger partial charge in [-0.3, -0.25) is 4.79 Å². The number of hydrogen-bond acceptors (Lipinski definition) is 3. The first-order valence-electron chi connectivity index (χ1n) is 6.13. The van der Waals surface area contributed by atoms with Crippen molar-refractivity contribution in [2.45, 2.75) is 39.8 Å². The number of urea groups is 1. The number of nitrogens with zero attached hydrogens (tertiary/aromatic N) is 2. The number of ether oxygens (including phenoxy) is 1. The summed E-state index contributed by atoms with van der Waals surface area (Å²) in [5, 5.41) is 8.84. The van der Waals surface area contributed by atoms with Crippen LogP contribution in [0.15, 0.2) is 0 Å². The van der Waals surface area contributed by atoms with Crippen LogP contribution in [0.4, 0.5) is 4.79 Å². The molecule has 0 aromatic carbocycles. The normalized spacial score (nSPS) is 12.3. The maximum atomic E-state index is 12.3. The summed E-state index contributed by atoms with van der Waals surface area (Å²) < 4.78 is 5.03. The predicted octanol–water partition coefficient (Wildman–Crippen LogP) is 1.26. The van der Waals surface area contributed by atoms with E-state index >= 15 is 0 Å². The third-order valence-electron chi connectivity index (χ3n) is 2.70. The molecule has 6 nitrogen and oxygen atoms in total. The van der Waals surface area contributed by atoms with Crippen LogP contribution in [-0.4, -0.2) is 65.8 Å². The van der Waals surface area contributed by atoms with Gasteiger partial charge in [-0.2, -0.15) is 0 Å². The van der Waals surface area contributed by atoms with Gasteiger partial charge in [0.05, 0.1) is 12.6 Å². The van der Waals surface area contributed by atoms with Gasteiger partial charge in [0.15, 0.2) is 0 Å². The van der Waals surface area contributed by atoms with Gasteiger partial charge in [-0.05, 0) is 27.7 Å². The third-order valence-corrected chi connectivity index (χ3v) is 2.70. The molecule has 0 aliphatic carbocycles. The van der Waals surface area contributed by atoms with E-state index in [2.05, 4.69) is 0 Å². The highest BCUT2D eigenvalue weighted by atomic mass is 16.5. The Morgan fingerprint density at radius 1 is 1.22 bits per heavy atom. The lowest BCUT2D eigenvalue weighted by molar-refractivity contribution is -0.138. The summed E-state index contributed by atoms with van der Waals surface area (Å²) in [5.41, 5.74) is 0. The number of amides is 2. The Morgan fingerprint density at radius 3 is 2.11 bits per heavy atom. The summed E-state index contributed by atoms with van der Waals surface area (Å²) in [6.07, 6.45) is 0. The fourth-order valence-corrected chi connectivity index (χ4v) is 1.75. The Balaban J connectivity index is 4.85. The van der Waals surface area contributed by atoms with Gasteiger partial charge in [0.2, 0.25) is 0 Å². The first-order valence-corrected chi connectivity index (χ1v) is 6.13. The number of hydrogen-bond donors (Lipinski definition) is 1. The highest BCUT2D eigenvalue weighted by Crippen LogP contribution is 2.08. The number of methoxy groups -OCH3 is 1. The van der Waals surface area contributed by atoms with Crippen LogP contribution in [-0.2, 0) is 9.53 Å². The maximum Gasteiger partial charge on any atom is 0.323 e. The maximum absolute atomic E-state index is 12.3. The molecule has 0 aromatic heterocycles. The van der Waals surface area contributed by atoms with Gasteiger partial charge >= 0.3 is 12.0 Å². The minimum Gasteiger partial charge on any atom is -0.480 e. The van der Waals surface area contributed by atoms with E-state index in [1.165, 1.54) is 4.90 Å². The third kappa shape index (κ3) is 4.91. The molecule has 0 rings (SSSR count). The second-order valence-electron chi connectivity index (χ2n) is 4.49. The molecule has 0 spiro atoms. The topological polar surface area (TPSA) is 70.1 Å². The molecule has 0 aliphatic rings. The largest absolute Gasteiger partial charge is 0.480 e. The van der Waals surface area contributed by atoms with Gasteiger partial charge in [-0.1, -0.05) is 0 Å². The van der Waals surface area contributed by atoms with E-state index in [9.17, 15) is 9.59 Å². The molecule has 6 heteroatoms. The average molecular weight is 260 g/mol. The zero-order chi connectivity index (χ0) is 14.3. The number of carbonyl (C=O) groups is 2. The Labute approximate surface area is 109 Å². The van der Waals surface area contributed by atoms with Crippen molar-refractivity contribution < 1.29 is 19.4 Å². The molecule has 0 radical (unpaired) electrons. The molecule has 106 valence electrons. The van der Waals surface area contributed by atoms with Crippen molar-refractivity contribution in [2.24, 2.45) is 0 Å². The molecule has 1 unspecified atom stereocenters. The lowest BCUT2D eigenvalue weighted by Gasteiger charge is -2.34. The Kier molecular flexibility index (Phi) is 7.35. The van der Waals surface area contributed by atoms with Crippen molar-refractivity contribution in [3.63, 3.8) is 0 Å². The van der Waals surface area contributed by atoms with E-state index in [-0.39, 0.29) is 24.7 Å². The molecule has 0 bridgehead atoms. The molecule has 0 saturated carbocycles. The Morgan fingerprint density at radius 2 is 1.78 bits per heavy atom. The van der Waals surface area contributed by atoms with Gasteiger partial charge in [0, 0.05) is 19.7 Å². The first-order chi connectivity index (χ1) is 8.34. The van der Waals surface area contributed by atoms with Crippen LogP contribution in [0.2, 0.25) is 0 Å². The summed E-state index contributed by atoms with van der Waals surface area (Å²) in [6, 6.07) is -0.501. The average Bonchev–Trinajstić information content (AvgIpc) is 2.26. The minimum atomic E-state index is -1.01. The number of carbonyl (C=O) groups excluding carboxylic acids is 1. The zero-order valence-corrected chi connectivity index (χ0v) is 11.8. The molecule has 0 aromatic rings. The molecule has 0 heterocycles. The summed E-state index contributed by atoms with van der Waals surface area (Å²) in [7, 11) is 1.58. The van der Waals surface area contributed by atoms with Crippen molar-refractivity contribution in [2.75, 3.05) is 26.8 Å². The van der Waals surface area contributed by atoms with E-state index in [4.69, 9.17) is 9.84 Å². The molecule has 18 heavy (non-hydrogen) atoms. The van der Waals surface area contributed by atoms with Crippen LogP contribution < -0.4 is 0 Å². The van der Waals surface area contributed by atoms with Gasteiger partial charge < -0.3 is 19.6 Å². The highest BCUT2D eigenvalue weighted by molar-refractivity contribution is 5.80. The van der Waals surface area contributed by atoms with E-state index in [1.54, 1.807) is 25.9 Å². The van der Waals surface area contributed by atoms with E-state index in [0.717, 1.165) is 0 Å². The number of rotatable bonds is 7. The van der Waals surface area contributed by atoms with E-state index in [1.807, 2.05) is 13.8 Å². The lowest BCUT2D eigenvalue weighted by Crippen LogP contribution is -2.52. The predicted molar refractivity (Wildman–Crippen MR) is 68.6 cm³/mol. The molecular formula is C12H24N2O4. The van der Waals surface area contributed by atoms with Crippen LogP contribution in [0.25, 0.3) is 0 Å². The van der Waals surface area contributed by atoms with Crippen molar-refractivity contribution >= 4 is 12.0 Å². The molecular weight excluding hydrogens is 236 g/mol. The monoisotopic (exact) mass is 260 g/mol. The SMILES string of the molecule is CCN(C(=O)N(CC(=O)O)C(C)C)C(C)COC. The summed E-state index contributed by atoms with van der Waals surface area (Å²) in [5.74, 6) is -1.01. The van der Waals surface area contributed by atoms with Crippen LogP contribution in [0.1, 0.15) is 27.7 Å².